The van der Waals surface area contributed by atoms with Gasteiger partial charge in [0, 0.05) is 43.8 Å². The minimum atomic E-state index is -3.29. The lowest BCUT2D eigenvalue weighted by atomic mass is 9.98. The normalized spacial score (nSPS) is 15.2. The molecule has 3 rings (SSSR count). The van der Waals surface area contributed by atoms with Gasteiger partial charge in [0.05, 0.1) is 23.8 Å². The third-order valence-corrected chi connectivity index (χ3v) is 6.28. The summed E-state index contributed by atoms with van der Waals surface area (Å²) in [5.41, 5.74) is 2.36. The number of sulfone groups is 1. The molecule has 0 unspecified atom stereocenters. The van der Waals surface area contributed by atoms with Crippen LogP contribution in [0.15, 0.2) is 41.4 Å². The SMILES string of the molecule is COCc1cc(-c2ccc(S(C)(=O)=O)cn2)ccc1OCC1CCN(C(=O)O)CC1. The molecule has 1 aliphatic heterocycles. The molecule has 0 aliphatic carbocycles. The van der Waals surface area contributed by atoms with Crippen molar-refractivity contribution in [2.45, 2.75) is 24.3 Å². The number of amides is 1. The van der Waals surface area contributed by atoms with Gasteiger partial charge in [-0.05, 0) is 49.1 Å². The number of likely N-dealkylation sites (tertiary alicyclic amines) is 1. The molecule has 0 atom stereocenters. The number of hydrogen-bond donors (Lipinski definition) is 1. The smallest absolute Gasteiger partial charge is 0.407 e. The van der Waals surface area contributed by atoms with Crippen molar-refractivity contribution >= 4 is 15.9 Å². The molecule has 1 fully saturated rings. The summed E-state index contributed by atoms with van der Waals surface area (Å²) in [6, 6.07) is 8.89. The predicted molar refractivity (Wildman–Crippen MR) is 111 cm³/mol. The lowest BCUT2D eigenvalue weighted by Gasteiger charge is -2.30. The van der Waals surface area contributed by atoms with Crippen LogP contribution in [0.5, 0.6) is 5.75 Å². The molecule has 2 aromatic rings. The Morgan fingerprint density at radius 3 is 2.53 bits per heavy atom. The van der Waals surface area contributed by atoms with Crippen LogP contribution < -0.4 is 4.74 Å². The van der Waals surface area contributed by atoms with Crippen molar-refractivity contribution < 1.29 is 27.8 Å². The summed E-state index contributed by atoms with van der Waals surface area (Å²) in [5, 5.41) is 9.05. The highest BCUT2D eigenvalue weighted by molar-refractivity contribution is 7.90. The Labute approximate surface area is 176 Å². The van der Waals surface area contributed by atoms with Gasteiger partial charge in [-0.1, -0.05) is 0 Å². The van der Waals surface area contributed by atoms with E-state index in [4.69, 9.17) is 14.6 Å². The topological polar surface area (TPSA) is 106 Å². The molecule has 1 N–H and O–H groups in total. The van der Waals surface area contributed by atoms with Gasteiger partial charge in [-0.2, -0.15) is 0 Å². The van der Waals surface area contributed by atoms with Crippen LogP contribution in [0.2, 0.25) is 0 Å². The maximum Gasteiger partial charge on any atom is 0.407 e. The van der Waals surface area contributed by atoms with E-state index < -0.39 is 15.9 Å². The van der Waals surface area contributed by atoms with E-state index in [9.17, 15) is 13.2 Å². The molecule has 1 aliphatic rings. The fraction of sp³-hybridized carbons (Fsp3) is 0.429. The molecule has 2 heterocycles. The van der Waals surface area contributed by atoms with E-state index in [1.807, 2.05) is 18.2 Å². The maximum absolute atomic E-state index is 11.6. The molecular weight excluding hydrogens is 408 g/mol. The van der Waals surface area contributed by atoms with E-state index in [-0.39, 0.29) is 4.90 Å². The van der Waals surface area contributed by atoms with E-state index in [1.165, 1.54) is 11.1 Å². The van der Waals surface area contributed by atoms with E-state index >= 15 is 0 Å². The molecule has 0 saturated carbocycles. The molecule has 0 bridgehead atoms. The quantitative estimate of drug-likeness (QED) is 0.714. The maximum atomic E-state index is 11.6. The van der Waals surface area contributed by atoms with Crippen molar-refractivity contribution in [2.75, 3.05) is 33.1 Å². The summed E-state index contributed by atoms with van der Waals surface area (Å²) < 4.78 is 34.6. The number of nitrogens with zero attached hydrogens (tertiary/aromatic N) is 2. The van der Waals surface area contributed by atoms with Crippen LogP contribution in [-0.2, 0) is 21.2 Å². The number of rotatable bonds is 7. The van der Waals surface area contributed by atoms with Gasteiger partial charge < -0.3 is 19.5 Å². The third kappa shape index (κ3) is 5.48. The molecule has 162 valence electrons. The van der Waals surface area contributed by atoms with Crippen LogP contribution in [0.4, 0.5) is 4.79 Å². The van der Waals surface area contributed by atoms with E-state index in [1.54, 1.807) is 19.2 Å². The van der Waals surface area contributed by atoms with E-state index in [0.29, 0.717) is 43.7 Å². The second-order valence-corrected chi connectivity index (χ2v) is 9.45. The van der Waals surface area contributed by atoms with Gasteiger partial charge in [-0.25, -0.2) is 13.2 Å². The van der Waals surface area contributed by atoms with Crippen LogP contribution in [0.25, 0.3) is 11.3 Å². The first-order chi connectivity index (χ1) is 14.3. The molecule has 1 amide bonds. The van der Waals surface area contributed by atoms with Crippen molar-refractivity contribution in [1.29, 1.82) is 0 Å². The Hall–Kier alpha value is -2.65. The fourth-order valence-corrected chi connectivity index (χ4v) is 3.98. The van der Waals surface area contributed by atoms with Gasteiger partial charge in [0.1, 0.15) is 5.75 Å². The van der Waals surface area contributed by atoms with Crippen LogP contribution in [-0.4, -0.2) is 62.6 Å². The molecule has 1 aromatic heterocycles. The number of pyridine rings is 1. The van der Waals surface area contributed by atoms with E-state index in [2.05, 4.69) is 4.98 Å². The minimum absolute atomic E-state index is 0.178. The number of carboxylic acid groups (broad SMARTS) is 1. The van der Waals surface area contributed by atoms with Crippen molar-refractivity contribution in [2.24, 2.45) is 5.92 Å². The summed E-state index contributed by atoms with van der Waals surface area (Å²) in [6.45, 7) is 1.94. The Morgan fingerprint density at radius 1 is 1.23 bits per heavy atom. The van der Waals surface area contributed by atoms with Crippen molar-refractivity contribution in [3.63, 3.8) is 0 Å². The van der Waals surface area contributed by atoms with Gasteiger partial charge in [-0.3, -0.25) is 4.98 Å². The van der Waals surface area contributed by atoms with Crippen molar-refractivity contribution in [1.82, 2.24) is 9.88 Å². The number of methoxy groups -OCH3 is 1. The summed E-state index contributed by atoms with van der Waals surface area (Å²) in [6.07, 6.45) is 3.19. The standard InChI is InChI=1S/C21H26N2O6S/c1-28-14-17-11-16(19-5-4-18(12-22-19)30(2,26)27)3-6-20(17)29-13-15-7-9-23(10-8-15)21(24)25/h3-6,11-12,15H,7-10,13-14H2,1-2H3,(H,24,25). The van der Waals surface area contributed by atoms with Gasteiger partial charge >= 0.3 is 6.09 Å². The second-order valence-electron chi connectivity index (χ2n) is 7.43. The zero-order chi connectivity index (χ0) is 21.7. The van der Waals surface area contributed by atoms with Crippen LogP contribution in [0.3, 0.4) is 0 Å². The van der Waals surface area contributed by atoms with Crippen molar-refractivity contribution in [3.8, 4) is 17.0 Å². The molecule has 0 spiro atoms. The van der Waals surface area contributed by atoms with E-state index in [0.717, 1.165) is 30.2 Å². The highest BCUT2D eigenvalue weighted by Gasteiger charge is 2.23. The fourth-order valence-electron chi connectivity index (χ4n) is 3.42. The molecule has 9 heteroatoms. The molecule has 0 radical (unpaired) electrons. The Balaban J connectivity index is 1.70. The number of benzene rings is 1. The summed E-state index contributed by atoms with van der Waals surface area (Å²) in [4.78, 5) is 16.9. The molecule has 1 saturated heterocycles. The van der Waals surface area contributed by atoms with Gasteiger partial charge in [0.2, 0.25) is 0 Å². The van der Waals surface area contributed by atoms with Crippen LogP contribution in [0, 0.1) is 5.92 Å². The molecule has 8 nitrogen and oxygen atoms in total. The molecule has 1 aromatic carbocycles. The lowest BCUT2D eigenvalue weighted by Crippen LogP contribution is -2.38. The zero-order valence-corrected chi connectivity index (χ0v) is 17.9. The highest BCUT2D eigenvalue weighted by atomic mass is 32.2. The third-order valence-electron chi connectivity index (χ3n) is 5.18. The molecule has 30 heavy (non-hydrogen) atoms. The number of ether oxygens (including phenoxy) is 2. The Morgan fingerprint density at radius 2 is 1.97 bits per heavy atom. The van der Waals surface area contributed by atoms with Crippen LogP contribution >= 0.6 is 0 Å². The average Bonchev–Trinajstić information content (AvgIpc) is 2.73. The number of aromatic nitrogens is 1. The number of piperidine rings is 1. The molecular formula is C21H26N2O6S. The van der Waals surface area contributed by atoms with Gasteiger partial charge in [0.15, 0.2) is 9.84 Å². The minimum Gasteiger partial charge on any atom is -0.493 e. The van der Waals surface area contributed by atoms with Gasteiger partial charge in [0.25, 0.3) is 0 Å². The average molecular weight is 435 g/mol. The van der Waals surface area contributed by atoms with Gasteiger partial charge in [-0.15, -0.1) is 0 Å². The largest absolute Gasteiger partial charge is 0.493 e. The Kier molecular flexibility index (Phi) is 6.94. The zero-order valence-electron chi connectivity index (χ0n) is 17.1. The van der Waals surface area contributed by atoms with Crippen molar-refractivity contribution in [3.05, 3.63) is 42.1 Å². The highest BCUT2D eigenvalue weighted by Crippen LogP contribution is 2.28. The first-order valence-corrected chi connectivity index (χ1v) is 11.6. The summed E-state index contributed by atoms with van der Waals surface area (Å²) in [7, 11) is -1.68. The predicted octanol–water partition coefficient (Wildman–Crippen LogP) is 3.07. The Bertz CT molecular complexity index is 983. The monoisotopic (exact) mass is 434 g/mol. The first-order valence-electron chi connectivity index (χ1n) is 9.67. The summed E-state index contributed by atoms with van der Waals surface area (Å²) in [5.74, 6) is 1.02. The number of hydrogen-bond acceptors (Lipinski definition) is 6. The lowest BCUT2D eigenvalue weighted by molar-refractivity contribution is 0.110. The second kappa shape index (κ2) is 9.44. The first kappa shape index (κ1) is 22.0. The summed E-state index contributed by atoms with van der Waals surface area (Å²) >= 11 is 0. The number of carbonyl (C=O) groups is 1. The van der Waals surface area contributed by atoms with Crippen LogP contribution in [0.1, 0.15) is 18.4 Å².